The van der Waals surface area contributed by atoms with Crippen molar-refractivity contribution in [2.75, 3.05) is 13.2 Å². The highest BCUT2D eigenvalue weighted by Crippen LogP contribution is 2.39. The molecule has 0 saturated carbocycles. The topological polar surface area (TPSA) is 27.7 Å². The van der Waals surface area contributed by atoms with Gasteiger partial charge < -0.3 is 14.0 Å². The van der Waals surface area contributed by atoms with Crippen LogP contribution in [0.1, 0.15) is 92.2 Å². The predicted molar refractivity (Wildman–Crippen MR) is 112 cm³/mol. The lowest BCUT2D eigenvalue weighted by molar-refractivity contribution is 0.135. The Kier molecular flexibility index (Phi) is 9.19. The first-order valence-corrected chi connectivity index (χ1v) is 10.1. The van der Waals surface area contributed by atoms with E-state index in [1.54, 1.807) is 0 Å². The van der Waals surface area contributed by atoms with E-state index in [0.29, 0.717) is 13.2 Å². The van der Waals surface area contributed by atoms with Gasteiger partial charge >= 0.3 is 7.32 Å². The smallest absolute Gasteiger partial charge is 0.511 e. The van der Waals surface area contributed by atoms with Gasteiger partial charge in [0, 0.05) is 13.2 Å². The van der Waals surface area contributed by atoms with Gasteiger partial charge in [0.25, 0.3) is 0 Å². The molecular weight excluding hydrogens is 323 g/mol. The van der Waals surface area contributed by atoms with Crippen molar-refractivity contribution >= 4 is 7.32 Å². The van der Waals surface area contributed by atoms with Crippen molar-refractivity contribution in [2.45, 2.75) is 91.9 Å². The van der Waals surface area contributed by atoms with Gasteiger partial charge in [0.2, 0.25) is 0 Å². The van der Waals surface area contributed by atoms with E-state index in [1.807, 2.05) is 0 Å². The molecule has 0 aliphatic heterocycles. The molecule has 0 bridgehead atoms. The molecule has 0 unspecified atom stereocenters. The molecule has 0 aliphatic carbocycles. The number of hydrogen-bond acceptors (Lipinski definition) is 3. The molecule has 0 aliphatic rings. The monoisotopic (exact) mass is 362 g/mol. The fourth-order valence-electron chi connectivity index (χ4n) is 2.71. The van der Waals surface area contributed by atoms with E-state index in [4.69, 9.17) is 14.0 Å². The molecule has 0 spiro atoms. The summed E-state index contributed by atoms with van der Waals surface area (Å²) in [5.41, 5.74) is 2.34. The van der Waals surface area contributed by atoms with Gasteiger partial charge in [-0.1, -0.05) is 86.4 Å². The van der Waals surface area contributed by atoms with Crippen molar-refractivity contribution < 1.29 is 14.0 Å². The third-order valence-electron chi connectivity index (χ3n) is 4.35. The molecule has 0 radical (unpaired) electrons. The molecule has 1 aromatic rings. The summed E-state index contributed by atoms with van der Waals surface area (Å²) in [7, 11) is -0.655. The van der Waals surface area contributed by atoms with E-state index in [0.717, 1.165) is 31.4 Å². The number of para-hydroxylation sites is 1. The Labute approximate surface area is 162 Å². The Morgan fingerprint density at radius 1 is 0.769 bits per heavy atom. The summed E-state index contributed by atoms with van der Waals surface area (Å²) in [6.45, 7) is 18.9. The Bertz CT molecular complexity index is 487. The lowest BCUT2D eigenvalue weighted by Gasteiger charge is -2.30. The van der Waals surface area contributed by atoms with Gasteiger partial charge in [-0.2, -0.15) is 0 Å². The van der Waals surface area contributed by atoms with Crippen LogP contribution in [0, 0.1) is 0 Å². The highest BCUT2D eigenvalue weighted by molar-refractivity contribution is 6.37. The molecule has 4 heteroatoms. The second kappa shape index (κ2) is 10.4. The second-order valence-corrected chi connectivity index (χ2v) is 9.04. The summed E-state index contributed by atoms with van der Waals surface area (Å²) in [5, 5.41) is 0. The first kappa shape index (κ1) is 23.0. The summed E-state index contributed by atoms with van der Waals surface area (Å²) in [6, 6.07) is 6.43. The van der Waals surface area contributed by atoms with E-state index >= 15 is 0 Å². The van der Waals surface area contributed by atoms with Crippen LogP contribution in [0.25, 0.3) is 0 Å². The van der Waals surface area contributed by atoms with Gasteiger partial charge in [-0.3, -0.25) is 0 Å². The third kappa shape index (κ3) is 7.32. The molecule has 0 N–H and O–H groups in total. The molecule has 148 valence electrons. The Hall–Kier alpha value is -0.995. The SMILES string of the molecule is CCCCOB(OCCCC)Oc1c(C(C)(C)C)cccc1C(C)(C)C. The van der Waals surface area contributed by atoms with E-state index in [1.165, 1.54) is 11.1 Å². The van der Waals surface area contributed by atoms with E-state index in [-0.39, 0.29) is 10.8 Å². The van der Waals surface area contributed by atoms with Crippen LogP contribution in [-0.2, 0) is 20.1 Å². The molecule has 1 rings (SSSR count). The summed E-state index contributed by atoms with van der Waals surface area (Å²) in [6.07, 6.45) is 4.19. The van der Waals surface area contributed by atoms with Gasteiger partial charge in [-0.05, 0) is 34.8 Å². The second-order valence-electron chi connectivity index (χ2n) is 9.04. The molecule has 0 amide bonds. The Morgan fingerprint density at radius 2 is 1.19 bits per heavy atom. The van der Waals surface area contributed by atoms with E-state index in [9.17, 15) is 0 Å². The van der Waals surface area contributed by atoms with Crippen LogP contribution in [0.5, 0.6) is 5.75 Å². The van der Waals surface area contributed by atoms with E-state index in [2.05, 4.69) is 73.6 Å². The summed E-state index contributed by atoms with van der Waals surface area (Å²) in [5.74, 6) is 0.908. The molecule has 0 fully saturated rings. The van der Waals surface area contributed by atoms with Gasteiger partial charge in [0.1, 0.15) is 5.75 Å². The van der Waals surface area contributed by atoms with Crippen LogP contribution in [0.15, 0.2) is 18.2 Å². The lowest BCUT2D eigenvalue weighted by Crippen LogP contribution is -2.33. The van der Waals surface area contributed by atoms with Crippen LogP contribution >= 0.6 is 0 Å². The van der Waals surface area contributed by atoms with Gasteiger partial charge in [-0.25, -0.2) is 0 Å². The molecule has 0 heterocycles. The number of hydrogen-bond donors (Lipinski definition) is 0. The van der Waals surface area contributed by atoms with E-state index < -0.39 is 7.32 Å². The number of benzene rings is 1. The average molecular weight is 362 g/mol. The quantitative estimate of drug-likeness (QED) is 0.362. The molecule has 0 atom stereocenters. The van der Waals surface area contributed by atoms with Gasteiger partial charge in [0.15, 0.2) is 0 Å². The fourth-order valence-corrected chi connectivity index (χ4v) is 2.71. The van der Waals surface area contributed by atoms with Crippen LogP contribution in [-0.4, -0.2) is 20.5 Å². The van der Waals surface area contributed by atoms with Gasteiger partial charge in [0.05, 0.1) is 0 Å². The summed E-state index contributed by atoms with van der Waals surface area (Å²) in [4.78, 5) is 0. The average Bonchev–Trinajstić information content (AvgIpc) is 2.53. The standard InChI is InChI=1S/C22H39BO3/c1-9-11-16-24-23(25-17-12-10-2)26-20-18(21(3,4)5)14-13-15-19(20)22(6,7)8/h13-15H,9-12,16-17H2,1-8H3. The highest BCUT2D eigenvalue weighted by Gasteiger charge is 2.32. The number of unbranched alkanes of at least 4 members (excludes halogenated alkanes) is 2. The van der Waals surface area contributed by atoms with Crippen molar-refractivity contribution in [1.29, 1.82) is 0 Å². The zero-order valence-electron chi connectivity index (χ0n) is 18.3. The van der Waals surface area contributed by atoms with Gasteiger partial charge in [-0.15, -0.1) is 0 Å². The fraction of sp³-hybridized carbons (Fsp3) is 0.727. The van der Waals surface area contributed by atoms with Crippen molar-refractivity contribution in [1.82, 2.24) is 0 Å². The largest absolute Gasteiger partial charge is 0.713 e. The minimum Gasteiger partial charge on any atom is -0.511 e. The molecule has 0 aromatic heterocycles. The molecule has 0 saturated heterocycles. The summed E-state index contributed by atoms with van der Waals surface area (Å²) >= 11 is 0. The van der Waals surface area contributed by atoms with Crippen LogP contribution < -0.4 is 4.65 Å². The normalized spacial score (nSPS) is 12.3. The Morgan fingerprint density at radius 3 is 1.54 bits per heavy atom. The minimum atomic E-state index is -0.655. The minimum absolute atomic E-state index is 0.0199. The molecule has 1 aromatic carbocycles. The molecule has 26 heavy (non-hydrogen) atoms. The van der Waals surface area contributed by atoms with Crippen LogP contribution in [0.3, 0.4) is 0 Å². The summed E-state index contributed by atoms with van der Waals surface area (Å²) < 4.78 is 18.2. The van der Waals surface area contributed by atoms with Crippen molar-refractivity contribution in [3.63, 3.8) is 0 Å². The maximum absolute atomic E-state index is 6.38. The third-order valence-corrected chi connectivity index (χ3v) is 4.35. The zero-order chi connectivity index (χ0) is 19.8. The number of rotatable bonds is 10. The predicted octanol–water partition coefficient (Wildman–Crippen LogP) is 6.28. The zero-order valence-corrected chi connectivity index (χ0v) is 18.3. The van der Waals surface area contributed by atoms with Crippen molar-refractivity contribution in [3.8, 4) is 5.75 Å². The lowest BCUT2D eigenvalue weighted by atomic mass is 9.79. The van der Waals surface area contributed by atoms with Crippen LogP contribution in [0.2, 0.25) is 0 Å². The first-order valence-electron chi connectivity index (χ1n) is 10.1. The maximum Gasteiger partial charge on any atom is 0.713 e. The first-order chi connectivity index (χ1) is 12.1. The van der Waals surface area contributed by atoms with Crippen molar-refractivity contribution in [3.05, 3.63) is 29.3 Å². The highest BCUT2D eigenvalue weighted by atomic mass is 16.7. The molecular formula is C22H39BO3. The van der Waals surface area contributed by atoms with Crippen LogP contribution in [0.4, 0.5) is 0 Å². The van der Waals surface area contributed by atoms with Crippen molar-refractivity contribution in [2.24, 2.45) is 0 Å². The Balaban J connectivity index is 3.17. The molecule has 3 nitrogen and oxygen atoms in total. The maximum atomic E-state index is 6.38.